The minimum Gasteiger partial charge on any atom is -0.489 e. The predicted octanol–water partition coefficient (Wildman–Crippen LogP) is 3.80. The lowest BCUT2D eigenvalue weighted by Gasteiger charge is -2.10. The van der Waals surface area contributed by atoms with Crippen LogP contribution < -0.4 is 14.8 Å². The average Bonchev–Trinajstić information content (AvgIpc) is 3.36. The van der Waals surface area contributed by atoms with E-state index in [-0.39, 0.29) is 11.3 Å². The fourth-order valence-electron chi connectivity index (χ4n) is 2.69. The molecule has 0 bridgehead atoms. The van der Waals surface area contributed by atoms with E-state index in [1.165, 1.54) is 0 Å². The number of hydrogen-bond acceptors (Lipinski definition) is 3. The number of fused-ring (bicyclic) bond motifs is 1. The van der Waals surface area contributed by atoms with Crippen molar-refractivity contribution in [2.45, 2.75) is 19.8 Å². The van der Waals surface area contributed by atoms with E-state index in [0.717, 1.165) is 29.8 Å². The van der Waals surface area contributed by atoms with E-state index in [1.54, 1.807) is 12.1 Å². The lowest BCUT2D eigenvalue weighted by molar-refractivity contribution is 0.102. The molecular weight excluding hydrogens is 290 g/mol. The zero-order valence-corrected chi connectivity index (χ0v) is 13.1. The van der Waals surface area contributed by atoms with E-state index < -0.39 is 0 Å². The molecule has 0 aromatic heterocycles. The highest BCUT2D eigenvalue weighted by atomic mass is 16.5. The van der Waals surface area contributed by atoms with Gasteiger partial charge in [0.05, 0.1) is 13.2 Å². The van der Waals surface area contributed by atoms with Crippen LogP contribution in [0.15, 0.2) is 42.5 Å². The molecular formula is C19H19NO3. The molecule has 0 saturated heterocycles. The molecule has 1 fully saturated rings. The standard InChI is InChI=1S/C19H19NO3/c1-13-2-5-15(6-3-13)20-18(21)14-4-7-16-17(10-14)23-12-19(8-9-19)11-22-16/h2-7,10H,8-9,11-12H2,1H3,(H,20,21). The summed E-state index contributed by atoms with van der Waals surface area (Å²) in [6.07, 6.45) is 2.31. The van der Waals surface area contributed by atoms with Gasteiger partial charge in [0.15, 0.2) is 11.5 Å². The Hall–Kier alpha value is -2.49. The number of rotatable bonds is 2. The first-order valence-corrected chi connectivity index (χ1v) is 7.91. The van der Waals surface area contributed by atoms with Crippen LogP contribution in [-0.4, -0.2) is 19.1 Å². The van der Waals surface area contributed by atoms with E-state index >= 15 is 0 Å². The molecule has 2 aromatic rings. The third kappa shape index (κ3) is 2.89. The van der Waals surface area contributed by atoms with Gasteiger partial charge in [0.1, 0.15) is 0 Å². The van der Waals surface area contributed by atoms with Crippen LogP contribution in [0.3, 0.4) is 0 Å². The van der Waals surface area contributed by atoms with Crippen LogP contribution >= 0.6 is 0 Å². The van der Waals surface area contributed by atoms with Crippen LogP contribution in [0, 0.1) is 12.3 Å². The maximum Gasteiger partial charge on any atom is 0.255 e. The fourth-order valence-corrected chi connectivity index (χ4v) is 2.69. The van der Waals surface area contributed by atoms with Gasteiger partial charge in [-0.1, -0.05) is 17.7 Å². The summed E-state index contributed by atoms with van der Waals surface area (Å²) in [4.78, 5) is 12.4. The van der Waals surface area contributed by atoms with Crippen LogP contribution in [0.5, 0.6) is 11.5 Å². The molecule has 23 heavy (non-hydrogen) atoms. The zero-order valence-electron chi connectivity index (χ0n) is 13.1. The molecule has 4 heteroatoms. The van der Waals surface area contributed by atoms with Crippen LogP contribution in [0.2, 0.25) is 0 Å². The SMILES string of the molecule is Cc1ccc(NC(=O)c2ccc3c(c2)OCC2(CC2)CO3)cc1. The van der Waals surface area contributed by atoms with Crippen molar-refractivity contribution in [2.24, 2.45) is 5.41 Å². The van der Waals surface area contributed by atoms with E-state index in [4.69, 9.17) is 9.47 Å². The van der Waals surface area contributed by atoms with Gasteiger partial charge in [-0.05, 0) is 50.1 Å². The van der Waals surface area contributed by atoms with E-state index in [0.29, 0.717) is 24.5 Å². The summed E-state index contributed by atoms with van der Waals surface area (Å²) in [5.41, 5.74) is 2.71. The number of carbonyl (C=O) groups excluding carboxylic acids is 1. The van der Waals surface area contributed by atoms with E-state index in [2.05, 4.69) is 5.32 Å². The third-order valence-electron chi connectivity index (χ3n) is 4.54. The molecule has 1 aliphatic carbocycles. The van der Waals surface area contributed by atoms with Gasteiger partial charge < -0.3 is 14.8 Å². The molecule has 1 amide bonds. The molecule has 1 N–H and O–H groups in total. The first-order valence-electron chi connectivity index (χ1n) is 7.91. The molecule has 1 spiro atoms. The monoisotopic (exact) mass is 309 g/mol. The van der Waals surface area contributed by atoms with Crippen LogP contribution in [-0.2, 0) is 0 Å². The quantitative estimate of drug-likeness (QED) is 0.918. The highest BCUT2D eigenvalue weighted by Gasteiger charge is 2.46. The van der Waals surface area contributed by atoms with Gasteiger partial charge in [-0.3, -0.25) is 4.79 Å². The van der Waals surface area contributed by atoms with Crippen molar-refractivity contribution >= 4 is 11.6 Å². The number of anilines is 1. The Balaban J connectivity index is 1.52. The first kappa shape index (κ1) is 14.1. The minimum atomic E-state index is -0.148. The van der Waals surface area contributed by atoms with Crippen molar-refractivity contribution in [3.63, 3.8) is 0 Å². The number of nitrogens with one attached hydrogen (secondary N) is 1. The number of carbonyl (C=O) groups is 1. The van der Waals surface area contributed by atoms with Crippen LogP contribution in [0.1, 0.15) is 28.8 Å². The fraction of sp³-hybridized carbons (Fsp3) is 0.316. The molecule has 4 nitrogen and oxygen atoms in total. The van der Waals surface area contributed by atoms with Crippen molar-refractivity contribution in [3.8, 4) is 11.5 Å². The lowest BCUT2D eigenvalue weighted by Crippen LogP contribution is -2.17. The van der Waals surface area contributed by atoms with E-state index in [9.17, 15) is 4.79 Å². The molecule has 2 aliphatic rings. The average molecular weight is 309 g/mol. The van der Waals surface area contributed by atoms with Gasteiger partial charge in [-0.25, -0.2) is 0 Å². The zero-order chi connectivity index (χ0) is 15.9. The molecule has 0 radical (unpaired) electrons. The molecule has 118 valence electrons. The Morgan fingerprint density at radius 1 is 1.00 bits per heavy atom. The molecule has 1 aliphatic heterocycles. The molecule has 0 unspecified atom stereocenters. The van der Waals surface area contributed by atoms with Gasteiger partial charge >= 0.3 is 0 Å². The molecule has 1 heterocycles. The summed E-state index contributed by atoms with van der Waals surface area (Å²) >= 11 is 0. The summed E-state index contributed by atoms with van der Waals surface area (Å²) in [6, 6.07) is 13.1. The van der Waals surface area contributed by atoms with Gasteiger partial charge in [-0.15, -0.1) is 0 Å². The van der Waals surface area contributed by atoms with Crippen molar-refractivity contribution < 1.29 is 14.3 Å². The van der Waals surface area contributed by atoms with Crippen LogP contribution in [0.25, 0.3) is 0 Å². The minimum absolute atomic E-state index is 0.148. The summed E-state index contributed by atoms with van der Waals surface area (Å²) in [5, 5.41) is 2.90. The Morgan fingerprint density at radius 3 is 2.39 bits per heavy atom. The Kier molecular flexibility index (Phi) is 3.26. The Bertz CT molecular complexity index is 748. The van der Waals surface area contributed by atoms with Gasteiger partial charge in [-0.2, -0.15) is 0 Å². The molecule has 4 rings (SSSR count). The molecule has 0 atom stereocenters. The number of ether oxygens (including phenoxy) is 2. The van der Waals surface area contributed by atoms with Crippen molar-refractivity contribution in [1.29, 1.82) is 0 Å². The number of aryl methyl sites for hydroxylation is 1. The summed E-state index contributed by atoms with van der Waals surface area (Å²) in [6.45, 7) is 3.39. The topological polar surface area (TPSA) is 47.6 Å². The van der Waals surface area contributed by atoms with Gasteiger partial charge in [0, 0.05) is 16.7 Å². The maximum absolute atomic E-state index is 12.4. The second-order valence-corrected chi connectivity index (χ2v) is 6.56. The van der Waals surface area contributed by atoms with Gasteiger partial charge in [0.25, 0.3) is 5.91 Å². The molecule has 1 saturated carbocycles. The normalized spacial score (nSPS) is 17.4. The molecule has 2 aromatic carbocycles. The summed E-state index contributed by atoms with van der Waals surface area (Å²) in [7, 11) is 0. The van der Waals surface area contributed by atoms with Crippen molar-refractivity contribution in [3.05, 3.63) is 53.6 Å². The number of benzene rings is 2. The predicted molar refractivity (Wildman–Crippen MR) is 88.2 cm³/mol. The number of amides is 1. The van der Waals surface area contributed by atoms with Gasteiger partial charge in [0.2, 0.25) is 0 Å². The smallest absolute Gasteiger partial charge is 0.255 e. The largest absolute Gasteiger partial charge is 0.489 e. The Labute approximate surface area is 135 Å². The van der Waals surface area contributed by atoms with Crippen molar-refractivity contribution in [2.75, 3.05) is 18.5 Å². The van der Waals surface area contributed by atoms with Crippen LogP contribution in [0.4, 0.5) is 5.69 Å². The summed E-state index contributed by atoms with van der Waals surface area (Å²) < 4.78 is 11.7. The van der Waals surface area contributed by atoms with Crippen molar-refractivity contribution in [1.82, 2.24) is 0 Å². The summed E-state index contributed by atoms with van der Waals surface area (Å²) in [5.74, 6) is 1.23. The second kappa shape index (κ2) is 5.30. The first-order chi connectivity index (χ1) is 11.1. The highest BCUT2D eigenvalue weighted by Crippen LogP contribution is 2.49. The second-order valence-electron chi connectivity index (χ2n) is 6.56. The highest BCUT2D eigenvalue weighted by molar-refractivity contribution is 6.04. The lowest BCUT2D eigenvalue weighted by atomic mass is 10.1. The number of hydrogen-bond donors (Lipinski definition) is 1. The van der Waals surface area contributed by atoms with E-state index in [1.807, 2.05) is 37.3 Å². The third-order valence-corrected chi connectivity index (χ3v) is 4.54. The Morgan fingerprint density at radius 2 is 1.70 bits per heavy atom. The maximum atomic E-state index is 12.4.